The number of hydrogen-bond donors (Lipinski definition) is 2. The molecule has 2 amide bonds. The van der Waals surface area contributed by atoms with E-state index in [2.05, 4.69) is 10.6 Å². The maximum atomic E-state index is 12.8. The van der Waals surface area contributed by atoms with Crippen molar-refractivity contribution in [1.29, 1.82) is 0 Å². The predicted octanol–water partition coefficient (Wildman–Crippen LogP) is 3.52. The first-order valence-electron chi connectivity index (χ1n) is 7.21. The fourth-order valence-corrected chi connectivity index (χ4v) is 1.92. The zero-order valence-electron chi connectivity index (χ0n) is 12.7. The molecule has 4 nitrogen and oxygen atoms in total. The van der Waals surface area contributed by atoms with Crippen molar-refractivity contribution in [2.75, 3.05) is 10.6 Å². The molecule has 2 N–H and O–H groups in total. The minimum Gasteiger partial charge on any atom is -0.323 e. The van der Waals surface area contributed by atoms with Crippen LogP contribution in [0, 0.1) is 5.82 Å². The number of carbonyl (C=O) groups excluding carboxylic acids is 2. The van der Waals surface area contributed by atoms with Gasteiger partial charge in [0.2, 0.25) is 11.8 Å². The fraction of sp³-hybridized carbons (Fsp3) is 0.111. The lowest BCUT2D eigenvalue weighted by molar-refractivity contribution is -0.114. The second-order valence-corrected chi connectivity index (χ2v) is 4.87. The smallest absolute Gasteiger partial charge is 0.248 e. The van der Waals surface area contributed by atoms with Gasteiger partial charge in [0.15, 0.2) is 0 Å². The van der Waals surface area contributed by atoms with Crippen LogP contribution >= 0.6 is 0 Å². The minimum atomic E-state index is -0.464. The summed E-state index contributed by atoms with van der Waals surface area (Å²) in [5.41, 5.74) is 2.25. The van der Waals surface area contributed by atoms with E-state index < -0.39 is 11.8 Å². The van der Waals surface area contributed by atoms with E-state index in [9.17, 15) is 14.0 Å². The van der Waals surface area contributed by atoms with Gasteiger partial charge in [-0.3, -0.25) is 9.59 Å². The van der Waals surface area contributed by atoms with E-state index >= 15 is 0 Å². The maximum absolute atomic E-state index is 12.8. The van der Waals surface area contributed by atoms with Gasteiger partial charge in [-0.15, -0.1) is 0 Å². The number of nitrogens with one attached hydrogen (secondary N) is 2. The molecule has 0 atom stereocenters. The van der Waals surface area contributed by atoms with Crippen molar-refractivity contribution in [2.24, 2.45) is 0 Å². The van der Waals surface area contributed by atoms with Crippen LogP contribution in [0.4, 0.5) is 15.8 Å². The lowest BCUT2D eigenvalue weighted by Crippen LogP contribution is -2.12. The van der Waals surface area contributed by atoms with Gasteiger partial charge in [0.05, 0.1) is 0 Å². The van der Waals surface area contributed by atoms with Crippen LogP contribution in [0.15, 0.2) is 60.7 Å². The second kappa shape index (κ2) is 7.89. The molecule has 0 saturated carbocycles. The Morgan fingerprint density at radius 1 is 0.957 bits per heavy atom. The second-order valence-electron chi connectivity index (χ2n) is 4.87. The normalized spacial score (nSPS) is 10.5. The van der Waals surface area contributed by atoms with Crippen molar-refractivity contribution in [3.8, 4) is 0 Å². The van der Waals surface area contributed by atoms with Crippen LogP contribution in [0.3, 0.4) is 0 Å². The van der Waals surface area contributed by atoms with Crippen LogP contribution in [0.2, 0.25) is 0 Å². The minimum absolute atomic E-state index is 0.382. The molecule has 0 aromatic heterocycles. The Morgan fingerprint density at radius 2 is 1.57 bits per heavy atom. The van der Waals surface area contributed by atoms with E-state index in [1.54, 1.807) is 6.07 Å². The summed E-state index contributed by atoms with van der Waals surface area (Å²) in [6.45, 7) is 2.03. The van der Waals surface area contributed by atoms with Crippen LogP contribution in [-0.2, 0) is 16.0 Å². The van der Waals surface area contributed by atoms with Crippen LogP contribution < -0.4 is 10.6 Å². The van der Waals surface area contributed by atoms with E-state index in [-0.39, 0.29) is 5.82 Å². The molecule has 0 heterocycles. The topological polar surface area (TPSA) is 58.2 Å². The van der Waals surface area contributed by atoms with E-state index in [0.29, 0.717) is 11.4 Å². The highest BCUT2D eigenvalue weighted by atomic mass is 19.1. The van der Waals surface area contributed by atoms with Crippen molar-refractivity contribution in [3.05, 3.63) is 72.1 Å². The highest BCUT2D eigenvalue weighted by Crippen LogP contribution is 2.11. The van der Waals surface area contributed by atoms with E-state index in [1.807, 2.05) is 25.1 Å². The number of anilines is 2. The quantitative estimate of drug-likeness (QED) is 0.830. The standard InChI is InChI=1S/C18H17FN2O2/c1-2-13-4-3-5-16(12-13)21-18(23)11-10-17(22)20-15-8-6-14(19)7-9-15/h3-12H,2H2,1H3,(H,20,22)(H,21,23). The molecular weight excluding hydrogens is 295 g/mol. The van der Waals surface area contributed by atoms with Gasteiger partial charge in [-0.25, -0.2) is 4.39 Å². The van der Waals surface area contributed by atoms with Gasteiger partial charge in [-0.05, 0) is 48.4 Å². The Labute approximate surface area is 134 Å². The van der Waals surface area contributed by atoms with Gasteiger partial charge in [0.1, 0.15) is 5.82 Å². The first-order chi connectivity index (χ1) is 11.1. The van der Waals surface area contributed by atoms with Crippen LogP contribution in [0.25, 0.3) is 0 Å². The van der Waals surface area contributed by atoms with Gasteiger partial charge in [-0.2, -0.15) is 0 Å². The lowest BCUT2D eigenvalue weighted by Gasteiger charge is -2.04. The van der Waals surface area contributed by atoms with E-state index in [4.69, 9.17) is 0 Å². The van der Waals surface area contributed by atoms with Gasteiger partial charge in [0, 0.05) is 23.5 Å². The van der Waals surface area contributed by atoms with Crippen molar-refractivity contribution in [1.82, 2.24) is 0 Å². The van der Waals surface area contributed by atoms with Crippen LogP contribution in [0.5, 0.6) is 0 Å². The van der Waals surface area contributed by atoms with Crippen molar-refractivity contribution in [3.63, 3.8) is 0 Å². The Kier molecular flexibility index (Phi) is 5.63. The Balaban J connectivity index is 1.89. The van der Waals surface area contributed by atoms with Crippen molar-refractivity contribution < 1.29 is 14.0 Å². The molecule has 0 saturated heterocycles. The maximum Gasteiger partial charge on any atom is 0.248 e. The molecule has 2 rings (SSSR count). The van der Waals surface area contributed by atoms with Crippen molar-refractivity contribution in [2.45, 2.75) is 13.3 Å². The number of hydrogen-bond acceptors (Lipinski definition) is 2. The lowest BCUT2D eigenvalue weighted by atomic mass is 10.1. The summed E-state index contributed by atoms with van der Waals surface area (Å²) in [4.78, 5) is 23.5. The molecule has 0 aliphatic rings. The summed E-state index contributed by atoms with van der Waals surface area (Å²) in [6, 6.07) is 12.9. The first kappa shape index (κ1) is 16.4. The average molecular weight is 312 g/mol. The summed E-state index contributed by atoms with van der Waals surface area (Å²) in [6.07, 6.45) is 3.15. The third-order valence-corrected chi connectivity index (χ3v) is 3.10. The zero-order chi connectivity index (χ0) is 16.7. The number of benzene rings is 2. The fourth-order valence-electron chi connectivity index (χ4n) is 1.92. The SMILES string of the molecule is CCc1cccc(NC(=O)C=CC(=O)Nc2ccc(F)cc2)c1. The van der Waals surface area contributed by atoms with Gasteiger partial charge in [0.25, 0.3) is 0 Å². The summed E-state index contributed by atoms with van der Waals surface area (Å²) in [5, 5.41) is 5.22. The summed E-state index contributed by atoms with van der Waals surface area (Å²) < 4.78 is 12.8. The van der Waals surface area contributed by atoms with Gasteiger partial charge in [-0.1, -0.05) is 19.1 Å². The highest BCUT2D eigenvalue weighted by Gasteiger charge is 2.02. The number of rotatable bonds is 5. The molecule has 23 heavy (non-hydrogen) atoms. The Morgan fingerprint density at radius 3 is 2.17 bits per heavy atom. The highest BCUT2D eigenvalue weighted by molar-refractivity contribution is 6.06. The number of aryl methyl sites for hydroxylation is 1. The number of amides is 2. The van der Waals surface area contributed by atoms with Crippen molar-refractivity contribution >= 4 is 23.2 Å². The van der Waals surface area contributed by atoms with Crippen LogP contribution in [-0.4, -0.2) is 11.8 Å². The zero-order valence-corrected chi connectivity index (χ0v) is 12.7. The van der Waals surface area contributed by atoms with Gasteiger partial charge < -0.3 is 10.6 Å². The molecule has 0 unspecified atom stereocenters. The molecule has 0 fully saturated rings. The first-order valence-corrected chi connectivity index (χ1v) is 7.21. The monoisotopic (exact) mass is 312 g/mol. The number of halogens is 1. The molecule has 2 aromatic carbocycles. The Hall–Kier alpha value is -2.95. The summed E-state index contributed by atoms with van der Waals surface area (Å²) in [7, 11) is 0. The molecule has 2 aromatic rings. The van der Waals surface area contributed by atoms with Crippen LogP contribution in [0.1, 0.15) is 12.5 Å². The summed E-state index contributed by atoms with van der Waals surface area (Å²) >= 11 is 0. The molecular formula is C18H17FN2O2. The molecule has 0 aliphatic heterocycles. The average Bonchev–Trinajstić information content (AvgIpc) is 2.55. The van der Waals surface area contributed by atoms with E-state index in [1.165, 1.54) is 24.3 Å². The molecule has 5 heteroatoms. The van der Waals surface area contributed by atoms with Gasteiger partial charge >= 0.3 is 0 Å². The third kappa shape index (κ3) is 5.39. The summed E-state index contributed by atoms with van der Waals surface area (Å²) in [5.74, 6) is -1.24. The molecule has 0 radical (unpaired) electrons. The van der Waals surface area contributed by atoms with E-state index in [0.717, 1.165) is 24.1 Å². The number of carbonyl (C=O) groups is 2. The third-order valence-electron chi connectivity index (χ3n) is 3.10. The Bertz CT molecular complexity index is 724. The molecule has 0 bridgehead atoms. The molecule has 118 valence electrons. The molecule has 0 spiro atoms. The largest absolute Gasteiger partial charge is 0.323 e. The molecule has 0 aliphatic carbocycles. The predicted molar refractivity (Wildman–Crippen MR) is 88.6 cm³/mol.